The van der Waals surface area contributed by atoms with Gasteiger partial charge in [-0.2, -0.15) is 0 Å². The second kappa shape index (κ2) is 2.70. The molecular formula is C6H9NO3. The summed E-state index contributed by atoms with van der Waals surface area (Å²) < 4.78 is 4.42. The van der Waals surface area contributed by atoms with Gasteiger partial charge in [-0.05, 0) is 6.42 Å². The number of aromatic nitrogens is 1. The molecule has 1 atom stereocenters. The maximum atomic E-state index is 10.4. The molecule has 0 spiro atoms. The molecule has 1 aromatic rings. The van der Waals surface area contributed by atoms with E-state index in [0.717, 1.165) is 0 Å². The standard InChI is InChI=1S/C6H9NO3/c1-2-5(8)4-3-10-6(9)7-4/h3,5,8H,2H2,1H3,(H,7,9). The normalized spacial score (nSPS) is 13.4. The van der Waals surface area contributed by atoms with Crippen molar-refractivity contribution in [3.63, 3.8) is 0 Å². The van der Waals surface area contributed by atoms with E-state index in [1.54, 1.807) is 0 Å². The Labute approximate surface area is 57.5 Å². The fourth-order valence-electron chi connectivity index (χ4n) is 0.676. The molecule has 0 amide bonds. The topological polar surface area (TPSA) is 66.2 Å². The molecule has 56 valence electrons. The highest BCUT2D eigenvalue weighted by Crippen LogP contribution is 2.10. The lowest BCUT2D eigenvalue weighted by atomic mass is 10.2. The van der Waals surface area contributed by atoms with Gasteiger partial charge in [-0.25, -0.2) is 4.79 Å². The van der Waals surface area contributed by atoms with Crippen molar-refractivity contribution in [3.8, 4) is 0 Å². The molecule has 1 heterocycles. The van der Waals surface area contributed by atoms with Gasteiger partial charge in [0, 0.05) is 0 Å². The van der Waals surface area contributed by atoms with E-state index in [4.69, 9.17) is 5.11 Å². The van der Waals surface area contributed by atoms with Crippen molar-refractivity contribution in [2.45, 2.75) is 19.4 Å². The minimum absolute atomic E-state index is 0.438. The van der Waals surface area contributed by atoms with E-state index in [1.807, 2.05) is 6.92 Å². The number of aromatic amines is 1. The lowest BCUT2D eigenvalue weighted by molar-refractivity contribution is 0.168. The van der Waals surface area contributed by atoms with Gasteiger partial charge in [0.15, 0.2) is 0 Å². The molecule has 1 aromatic heterocycles. The van der Waals surface area contributed by atoms with Crippen LogP contribution in [-0.4, -0.2) is 10.1 Å². The Balaban J connectivity index is 2.84. The second-order valence-electron chi connectivity index (χ2n) is 2.03. The van der Waals surface area contributed by atoms with Gasteiger partial charge in [-0.1, -0.05) is 6.92 Å². The molecular weight excluding hydrogens is 134 g/mol. The van der Waals surface area contributed by atoms with Gasteiger partial charge in [-0.15, -0.1) is 0 Å². The summed E-state index contributed by atoms with van der Waals surface area (Å²) in [5.74, 6) is -0.525. The van der Waals surface area contributed by atoms with Crippen LogP contribution in [0, 0.1) is 0 Å². The largest absolute Gasteiger partial charge is 0.416 e. The molecule has 4 heteroatoms. The van der Waals surface area contributed by atoms with Crippen molar-refractivity contribution in [2.75, 3.05) is 0 Å². The zero-order chi connectivity index (χ0) is 7.56. The number of oxazole rings is 1. The van der Waals surface area contributed by atoms with Crippen molar-refractivity contribution in [1.82, 2.24) is 4.98 Å². The van der Waals surface area contributed by atoms with Crippen LogP contribution >= 0.6 is 0 Å². The first-order valence-electron chi connectivity index (χ1n) is 3.09. The highest BCUT2D eigenvalue weighted by Gasteiger charge is 2.06. The summed E-state index contributed by atoms with van der Waals surface area (Å²) in [6.07, 6.45) is 1.18. The molecule has 1 rings (SSSR count). The number of nitrogens with one attached hydrogen (secondary N) is 1. The van der Waals surface area contributed by atoms with Gasteiger partial charge < -0.3 is 9.52 Å². The predicted octanol–water partition coefficient (Wildman–Crippen LogP) is 0.411. The minimum atomic E-state index is -0.619. The summed E-state index contributed by atoms with van der Waals surface area (Å²) in [5, 5.41) is 9.11. The molecule has 0 saturated heterocycles. The zero-order valence-electron chi connectivity index (χ0n) is 5.63. The average molecular weight is 143 g/mol. The Hall–Kier alpha value is -1.03. The number of rotatable bonds is 2. The molecule has 0 fully saturated rings. The monoisotopic (exact) mass is 143 g/mol. The summed E-state index contributed by atoms with van der Waals surface area (Å²) >= 11 is 0. The number of hydrogen-bond donors (Lipinski definition) is 2. The van der Waals surface area contributed by atoms with E-state index < -0.39 is 11.9 Å². The maximum Gasteiger partial charge on any atom is 0.416 e. The van der Waals surface area contributed by atoms with E-state index in [1.165, 1.54) is 6.26 Å². The van der Waals surface area contributed by atoms with Crippen molar-refractivity contribution >= 4 is 0 Å². The summed E-state index contributed by atoms with van der Waals surface area (Å²) in [4.78, 5) is 12.7. The third-order valence-corrected chi connectivity index (χ3v) is 1.29. The van der Waals surface area contributed by atoms with E-state index in [0.29, 0.717) is 12.1 Å². The summed E-state index contributed by atoms with van der Waals surface area (Å²) in [7, 11) is 0. The van der Waals surface area contributed by atoms with E-state index in [2.05, 4.69) is 9.40 Å². The number of H-pyrrole nitrogens is 1. The van der Waals surface area contributed by atoms with Crippen LogP contribution in [0.4, 0.5) is 0 Å². The Bertz CT molecular complexity index is 249. The zero-order valence-corrected chi connectivity index (χ0v) is 5.63. The van der Waals surface area contributed by atoms with Crippen molar-refractivity contribution in [3.05, 3.63) is 22.5 Å². The molecule has 0 radical (unpaired) electrons. The number of hydrogen-bond acceptors (Lipinski definition) is 3. The average Bonchev–Trinajstić information content (AvgIpc) is 2.34. The fourth-order valence-corrected chi connectivity index (χ4v) is 0.676. The van der Waals surface area contributed by atoms with Crippen LogP contribution in [0.5, 0.6) is 0 Å². The van der Waals surface area contributed by atoms with Crippen LogP contribution in [-0.2, 0) is 0 Å². The van der Waals surface area contributed by atoms with Gasteiger partial charge in [0.1, 0.15) is 6.26 Å². The Morgan fingerprint density at radius 3 is 3.00 bits per heavy atom. The van der Waals surface area contributed by atoms with Gasteiger partial charge in [0.05, 0.1) is 11.8 Å². The van der Waals surface area contributed by atoms with Crippen molar-refractivity contribution in [2.24, 2.45) is 0 Å². The van der Waals surface area contributed by atoms with E-state index in [-0.39, 0.29) is 0 Å². The molecule has 0 bridgehead atoms. The third-order valence-electron chi connectivity index (χ3n) is 1.29. The first kappa shape index (κ1) is 7.08. The van der Waals surface area contributed by atoms with Crippen LogP contribution in [0.1, 0.15) is 25.1 Å². The van der Waals surface area contributed by atoms with Gasteiger partial charge in [0.25, 0.3) is 0 Å². The summed E-state index contributed by atoms with van der Waals surface area (Å²) in [6.45, 7) is 1.82. The van der Waals surface area contributed by atoms with Crippen molar-refractivity contribution in [1.29, 1.82) is 0 Å². The second-order valence-corrected chi connectivity index (χ2v) is 2.03. The Kier molecular flexibility index (Phi) is 1.91. The highest BCUT2D eigenvalue weighted by molar-refractivity contribution is 4.95. The van der Waals surface area contributed by atoms with Crippen LogP contribution < -0.4 is 5.76 Å². The first-order valence-corrected chi connectivity index (χ1v) is 3.09. The summed E-state index contributed by atoms with van der Waals surface area (Å²) in [5.41, 5.74) is 0.438. The minimum Gasteiger partial charge on any atom is -0.416 e. The highest BCUT2D eigenvalue weighted by atomic mass is 16.4. The lowest BCUT2D eigenvalue weighted by Gasteiger charge is -2.00. The molecule has 0 aliphatic rings. The Morgan fingerprint density at radius 1 is 1.90 bits per heavy atom. The maximum absolute atomic E-state index is 10.4. The van der Waals surface area contributed by atoms with E-state index in [9.17, 15) is 4.79 Å². The molecule has 0 aliphatic carbocycles. The molecule has 2 N–H and O–H groups in total. The third kappa shape index (κ3) is 1.27. The number of aliphatic hydroxyl groups excluding tert-OH is 1. The van der Waals surface area contributed by atoms with Crippen LogP contribution in [0.2, 0.25) is 0 Å². The predicted molar refractivity (Wildman–Crippen MR) is 34.6 cm³/mol. The molecule has 0 aliphatic heterocycles. The van der Waals surface area contributed by atoms with Crippen molar-refractivity contribution < 1.29 is 9.52 Å². The summed E-state index contributed by atoms with van der Waals surface area (Å²) in [6, 6.07) is 0. The van der Waals surface area contributed by atoms with E-state index >= 15 is 0 Å². The SMILES string of the molecule is CCC(O)c1coc(=O)[nH]1. The number of aliphatic hydroxyl groups is 1. The molecule has 10 heavy (non-hydrogen) atoms. The van der Waals surface area contributed by atoms with Crippen LogP contribution in [0.3, 0.4) is 0 Å². The van der Waals surface area contributed by atoms with Gasteiger partial charge in [0.2, 0.25) is 0 Å². The molecule has 0 saturated carbocycles. The van der Waals surface area contributed by atoms with Gasteiger partial charge in [-0.3, -0.25) is 4.98 Å². The molecule has 4 nitrogen and oxygen atoms in total. The lowest BCUT2D eigenvalue weighted by Crippen LogP contribution is -2.01. The molecule has 1 unspecified atom stereocenters. The smallest absolute Gasteiger partial charge is 0.416 e. The van der Waals surface area contributed by atoms with Crippen LogP contribution in [0.25, 0.3) is 0 Å². The first-order chi connectivity index (χ1) is 4.74. The Morgan fingerprint density at radius 2 is 2.60 bits per heavy atom. The van der Waals surface area contributed by atoms with Crippen LogP contribution in [0.15, 0.2) is 15.5 Å². The molecule has 0 aromatic carbocycles. The van der Waals surface area contributed by atoms with Gasteiger partial charge >= 0.3 is 5.76 Å². The fraction of sp³-hybridized carbons (Fsp3) is 0.500. The quantitative estimate of drug-likeness (QED) is 0.630.